The van der Waals surface area contributed by atoms with E-state index in [2.05, 4.69) is 26.2 Å². The number of carbonyl (C=O) groups is 1. The minimum atomic E-state index is -0.245. The summed E-state index contributed by atoms with van der Waals surface area (Å²) >= 11 is 4.84. The zero-order valence-corrected chi connectivity index (χ0v) is 16.9. The van der Waals surface area contributed by atoms with Crippen molar-refractivity contribution in [2.75, 3.05) is 19.5 Å². The number of amides is 1. The lowest BCUT2D eigenvalue weighted by Crippen LogP contribution is -2.12. The number of methoxy groups -OCH3 is 2. The molecule has 1 N–H and O–H groups in total. The lowest BCUT2D eigenvalue weighted by atomic mass is 10.1. The van der Waals surface area contributed by atoms with Crippen LogP contribution < -0.4 is 14.8 Å². The molecule has 0 fully saturated rings. The molecule has 0 atom stereocenters. The number of hydrogen-bond donors (Lipinski definition) is 1. The van der Waals surface area contributed by atoms with Crippen molar-refractivity contribution in [2.24, 2.45) is 0 Å². The number of hydrogen-bond acceptors (Lipinski definition) is 5. The number of nitrogens with one attached hydrogen (secondary N) is 1. The van der Waals surface area contributed by atoms with Crippen LogP contribution in [0, 0.1) is 6.92 Å². The second-order valence-electron chi connectivity index (χ2n) is 5.45. The van der Waals surface area contributed by atoms with E-state index in [9.17, 15) is 4.79 Å². The van der Waals surface area contributed by atoms with Crippen molar-refractivity contribution in [2.45, 2.75) is 6.92 Å². The van der Waals surface area contributed by atoms with Crippen LogP contribution in [-0.2, 0) is 0 Å². The van der Waals surface area contributed by atoms with Gasteiger partial charge in [0.15, 0.2) is 5.13 Å². The average Bonchev–Trinajstić information content (AvgIpc) is 3.02. The topological polar surface area (TPSA) is 60.5 Å². The van der Waals surface area contributed by atoms with E-state index in [0.29, 0.717) is 20.9 Å². The highest BCUT2D eigenvalue weighted by Gasteiger charge is 2.16. The molecule has 7 heteroatoms. The number of benzene rings is 2. The fourth-order valence-corrected chi connectivity index (χ4v) is 3.69. The van der Waals surface area contributed by atoms with Gasteiger partial charge in [0.25, 0.3) is 5.91 Å². The van der Waals surface area contributed by atoms with Crippen LogP contribution >= 0.6 is 27.3 Å². The summed E-state index contributed by atoms with van der Waals surface area (Å²) in [5.74, 6) is 1.16. The number of aromatic nitrogens is 1. The summed E-state index contributed by atoms with van der Waals surface area (Å²) in [6.45, 7) is 1.98. The van der Waals surface area contributed by atoms with Crippen molar-refractivity contribution in [3.63, 3.8) is 0 Å². The molecule has 1 heterocycles. The molecule has 0 radical (unpaired) electrons. The predicted octanol–water partition coefficient (Wildman–Crippen LogP) is 5.15. The number of rotatable bonds is 5. The van der Waals surface area contributed by atoms with Crippen LogP contribution in [-0.4, -0.2) is 25.1 Å². The summed E-state index contributed by atoms with van der Waals surface area (Å²) in [5.41, 5.74) is 2.31. The number of aryl methyl sites for hydroxylation is 1. The second-order valence-corrected chi connectivity index (χ2v) is 7.51. The third-order valence-electron chi connectivity index (χ3n) is 3.80. The molecule has 0 aliphatic rings. The highest BCUT2D eigenvalue weighted by Crippen LogP contribution is 2.32. The van der Waals surface area contributed by atoms with Gasteiger partial charge in [-0.25, -0.2) is 4.98 Å². The molecule has 0 saturated heterocycles. The Morgan fingerprint density at radius 2 is 1.73 bits per heavy atom. The summed E-state index contributed by atoms with van der Waals surface area (Å²) in [6, 6.07) is 12.9. The molecule has 0 saturated carbocycles. The number of thiazole rings is 1. The highest BCUT2D eigenvalue weighted by atomic mass is 79.9. The van der Waals surface area contributed by atoms with Crippen molar-refractivity contribution in [1.82, 2.24) is 4.98 Å². The van der Waals surface area contributed by atoms with Gasteiger partial charge < -0.3 is 9.47 Å². The molecule has 1 amide bonds. The Kier molecular flexibility index (Phi) is 5.58. The smallest absolute Gasteiger partial charge is 0.258 e. The predicted molar refractivity (Wildman–Crippen MR) is 107 cm³/mol. The van der Waals surface area contributed by atoms with Crippen LogP contribution in [0.25, 0.3) is 11.3 Å². The minimum Gasteiger partial charge on any atom is -0.497 e. The maximum atomic E-state index is 12.6. The van der Waals surface area contributed by atoms with Crippen LogP contribution in [0.3, 0.4) is 0 Å². The Morgan fingerprint density at radius 3 is 2.38 bits per heavy atom. The average molecular weight is 433 g/mol. The first-order chi connectivity index (χ1) is 12.5. The van der Waals surface area contributed by atoms with Gasteiger partial charge in [0, 0.05) is 14.9 Å². The summed E-state index contributed by atoms with van der Waals surface area (Å²) < 4.78 is 11.1. The van der Waals surface area contributed by atoms with Crippen LogP contribution in [0.15, 0.2) is 46.9 Å². The Morgan fingerprint density at radius 1 is 1.08 bits per heavy atom. The van der Waals surface area contributed by atoms with Crippen molar-refractivity contribution in [3.8, 4) is 22.8 Å². The zero-order chi connectivity index (χ0) is 18.7. The molecule has 0 bridgehead atoms. The Bertz CT molecular complexity index is 938. The summed E-state index contributed by atoms with van der Waals surface area (Å²) in [5, 5.41) is 3.41. The van der Waals surface area contributed by atoms with Gasteiger partial charge >= 0.3 is 0 Å². The van der Waals surface area contributed by atoms with E-state index in [1.165, 1.54) is 11.3 Å². The molecule has 1 aromatic heterocycles. The molecule has 0 aliphatic heterocycles. The second kappa shape index (κ2) is 7.88. The fraction of sp³-hybridized carbons (Fsp3) is 0.158. The van der Waals surface area contributed by atoms with E-state index in [0.717, 1.165) is 21.9 Å². The first-order valence-electron chi connectivity index (χ1n) is 7.78. The third kappa shape index (κ3) is 3.89. The van der Waals surface area contributed by atoms with Crippen molar-refractivity contribution < 1.29 is 14.3 Å². The lowest BCUT2D eigenvalue weighted by Gasteiger charge is -2.06. The summed E-state index contributed by atoms with van der Waals surface area (Å²) in [6.07, 6.45) is 0. The molecule has 0 unspecified atom stereocenters. The Balaban J connectivity index is 1.84. The number of halogens is 1. The first kappa shape index (κ1) is 18.4. The van der Waals surface area contributed by atoms with Gasteiger partial charge in [0.2, 0.25) is 0 Å². The molecular formula is C19H17BrN2O3S. The fourth-order valence-electron chi connectivity index (χ4n) is 2.44. The van der Waals surface area contributed by atoms with Gasteiger partial charge in [-0.1, -0.05) is 0 Å². The molecule has 3 rings (SSSR count). The molecule has 3 aromatic rings. The summed E-state index contributed by atoms with van der Waals surface area (Å²) in [4.78, 5) is 18.2. The van der Waals surface area contributed by atoms with E-state index in [1.54, 1.807) is 32.4 Å². The van der Waals surface area contributed by atoms with Crippen LogP contribution in [0.1, 0.15) is 15.2 Å². The quantitative estimate of drug-likeness (QED) is 0.605. The van der Waals surface area contributed by atoms with Gasteiger partial charge in [0.1, 0.15) is 11.5 Å². The minimum absolute atomic E-state index is 0.245. The van der Waals surface area contributed by atoms with Crippen LogP contribution in [0.5, 0.6) is 11.5 Å². The standard InChI is InChI=1S/C19H17BrN2O3S/c1-11-17(12-4-6-13(24-2)7-5-12)21-19(26-11)22-18(23)15-10-14(25-3)8-9-16(15)20/h4-10H,1-3H3,(H,21,22,23). The molecular weight excluding hydrogens is 416 g/mol. The molecule has 2 aromatic carbocycles. The van der Waals surface area contributed by atoms with Crippen LogP contribution in [0.2, 0.25) is 0 Å². The van der Waals surface area contributed by atoms with E-state index in [4.69, 9.17) is 9.47 Å². The molecule has 0 aliphatic carbocycles. The number of ether oxygens (including phenoxy) is 2. The third-order valence-corrected chi connectivity index (χ3v) is 5.38. The number of anilines is 1. The van der Waals surface area contributed by atoms with Crippen molar-refractivity contribution >= 4 is 38.3 Å². The van der Waals surface area contributed by atoms with Gasteiger partial charge in [-0.15, -0.1) is 11.3 Å². The normalized spacial score (nSPS) is 10.5. The van der Waals surface area contributed by atoms with Crippen molar-refractivity contribution in [1.29, 1.82) is 0 Å². The van der Waals surface area contributed by atoms with Gasteiger partial charge in [-0.2, -0.15) is 0 Å². The first-order valence-corrected chi connectivity index (χ1v) is 9.39. The molecule has 0 spiro atoms. The van der Waals surface area contributed by atoms with E-state index >= 15 is 0 Å². The molecule has 26 heavy (non-hydrogen) atoms. The number of nitrogens with zero attached hydrogens (tertiary/aromatic N) is 1. The van der Waals surface area contributed by atoms with E-state index < -0.39 is 0 Å². The van der Waals surface area contributed by atoms with Gasteiger partial charge in [-0.05, 0) is 65.3 Å². The summed E-state index contributed by atoms with van der Waals surface area (Å²) in [7, 11) is 3.20. The Hall–Kier alpha value is -2.38. The number of carbonyl (C=O) groups excluding carboxylic acids is 1. The van der Waals surface area contributed by atoms with Crippen LogP contribution in [0.4, 0.5) is 5.13 Å². The van der Waals surface area contributed by atoms with Gasteiger partial charge in [-0.3, -0.25) is 10.1 Å². The zero-order valence-electron chi connectivity index (χ0n) is 14.5. The largest absolute Gasteiger partial charge is 0.497 e. The maximum absolute atomic E-state index is 12.6. The molecule has 5 nitrogen and oxygen atoms in total. The van der Waals surface area contributed by atoms with E-state index in [-0.39, 0.29) is 5.91 Å². The molecule has 134 valence electrons. The lowest BCUT2D eigenvalue weighted by molar-refractivity contribution is 0.102. The maximum Gasteiger partial charge on any atom is 0.258 e. The van der Waals surface area contributed by atoms with E-state index in [1.807, 2.05) is 31.2 Å². The van der Waals surface area contributed by atoms with Crippen molar-refractivity contribution in [3.05, 3.63) is 57.4 Å². The Labute approximate surface area is 164 Å². The highest BCUT2D eigenvalue weighted by molar-refractivity contribution is 9.10. The SMILES string of the molecule is COc1ccc(-c2nc(NC(=O)c3cc(OC)ccc3Br)sc2C)cc1. The van der Waals surface area contributed by atoms with Gasteiger partial charge in [0.05, 0.1) is 25.5 Å². The monoisotopic (exact) mass is 432 g/mol.